The third-order valence-electron chi connectivity index (χ3n) is 1.72. The van der Waals surface area contributed by atoms with Gasteiger partial charge in [0.1, 0.15) is 0 Å². The molecular formula is C8H13NOS. The summed E-state index contributed by atoms with van der Waals surface area (Å²) in [5, 5.41) is 11.2. The van der Waals surface area contributed by atoms with Crippen LogP contribution in [0.5, 0.6) is 0 Å². The van der Waals surface area contributed by atoms with Crippen molar-refractivity contribution in [1.82, 2.24) is 0 Å². The highest BCUT2D eigenvalue weighted by Crippen LogP contribution is 2.23. The molecule has 3 N–H and O–H groups in total. The van der Waals surface area contributed by atoms with Crippen molar-refractivity contribution in [3.63, 3.8) is 0 Å². The molecule has 1 heterocycles. The number of hydrogen-bond donors (Lipinski definition) is 2. The molecule has 0 aliphatic rings. The first kappa shape index (κ1) is 8.71. The molecule has 0 saturated carbocycles. The average Bonchev–Trinajstić information content (AvgIpc) is 2.33. The van der Waals surface area contributed by atoms with Crippen LogP contribution in [-0.4, -0.2) is 11.2 Å². The lowest BCUT2D eigenvalue weighted by Crippen LogP contribution is -2.22. The predicted molar refractivity (Wildman–Crippen MR) is 47.7 cm³/mol. The second-order valence-corrected chi connectivity index (χ2v) is 3.68. The summed E-state index contributed by atoms with van der Waals surface area (Å²) >= 11 is 1.60. The third-order valence-corrected chi connectivity index (χ3v) is 2.84. The number of aliphatic hydroxyl groups excluding tert-OH is 1. The standard InChI is InChI=1S/C8H13NOS/c1-5-3-4-11-8(5)7(9)6(2)10/h3-4,6-7,10H,9H2,1-2H3. The summed E-state index contributed by atoms with van der Waals surface area (Å²) in [5.41, 5.74) is 6.91. The fourth-order valence-corrected chi connectivity index (χ4v) is 1.97. The topological polar surface area (TPSA) is 46.2 Å². The van der Waals surface area contributed by atoms with Gasteiger partial charge in [-0.3, -0.25) is 0 Å². The molecule has 1 aromatic rings. The van der Waals surface area contributed by atoms with Gasteiger partial charge in [-0.1, -0.05) is 0 Å². The van der Waals surface area contributed by atoms with Gasteiger partial charge in [0.15, 0.2) is 0 Å². The minimum atomic E-state index is -0.465. The van der Waals surface area contributed by atoms with E-state index < -0.39 is 6.10 Å². The van der Waals surface area contributed by atoms with E-state index in [2.05, 4.69) is 0 Å². The highest BCUT2D eigenvalue weighted by Gasteiger charge is 2.14. The summed E-state index contributed by atoms with van der Waals surface area (Å²) < 4.78 is 0. The maximum Gasteiger partial charge on any atom is 0.0712 e. The largest absolute Gasteiger partial charge is 0.391 e. The number of rotatable bonds is 2. The highest BCUT2D eigenvalue weighted by atomic mass is 32.1. The van der Waals surface area contributed by atoms with Crippen molar-refractivity contribution in [1.29, 1.82) is 0 Å². The average molecular weight is 171 g/mol. The highest BCUT2D eigenvalue weighted by molar-refractivity contribution is 7.10. The van der Waals surface area contributed by atoms with Crippen LogP contribution in [0.4, 0.5) is 0 Å². The van der Waals surface area contributed by atoms with Crippen molar-refractivity contribution in [2.24, 2.45) is 5.73 Å². The van der Waals surface area contributed by atoms with Gasteiger partial charge in [0.25, 0.3) is 0 Å². The Kier molecular flexibility index (Phi) is 2.65. The van der Waals surface area contributed by atoms with Crippen molar-refractivity contribution in [2.45, 2.75) is 26.0 Å². The molecule has 11 heavy (non-hydrogen) atoms. The number of nitrogens with two attached hydrogens (primary N) is 1. The van der Waals surface area contributed by atoms with Gasteiger partial charge in [0.05, 0.1) is 12.1 Å². The first-order valence-corrected chi connectivity index (χ1v) is 4.48. The third kappa shape index (κ3) is 1.80. The van der Waals surface area contributed by atoms with Gasteiger partial charge in [-0.2, -0.15) is 0 Å². The van der Waals surface area contributed by atoms with Crippen molar-refractivity contribution in [2.75, 3.05) is 0 Å². The Balaban J connectivity index is 2.84. The van der Waals surface area contributed by atoms with E-state index >= 15 is 0 Å². The first-order chi connectivity index (χ1) is 5.13. The Hall–Kier alpha value is -0.380. The molecule has 0 aromatic carbocycles. The SMILES string of the molecule is Cc1ccsc1C(N)C(C)O. The van der Waals surface area contributed by atoms with Crippen LogP contribution in [0.3, 0.4) is 0 Å². The van der Waals surface area contributed by atoms with Crippen LogP contribution in [0.25, 0.3) is 0 Å². The van der Waals surface area contributed by atoms with Crippen molar-refractivity contribution >= 4 is 11.3 Å². The molecule has 2 atom stereocenters. The van der Waals surface area contributed by atoms with E-state index in [4.69, 9.17) is 5.73 Å². The molecule has 0 bridgehead atoms. The lowest BCUT2D eigenvalue weighted by Gasteiger charge is -2.13. The van der Waals surface area contributed by atoms with Crippen LogP contribution >= 0.6 is 11.3 Å². The summed E-state index contributed by atoms with van der Waals surface area (Å²) in [4.78, 5) is 1.08. The quantitative estimate of drug-likeness (QED) is 0.707. The number of aryl methyl sites for hydroxylation is 1. The lowest BCUT2D eigenvalue weighted by molar-refractivity contribution is 0.165. The number of aliphatic hydroxyl groups is 1. The van der Waals surface area contributed by atoms with E-state index in [-0.39, 0.29) is 6.04 Å². The number of hydrogen-bond acceptors (Lipinski definition) is 3. The van der Waals surface area contributed by atoms with Crippen LogP contribution in [0.1, 0.15) is 23.4 Å². The fourth-order valence-electron chi connectivity index (χ4n) is 0.945. The van der Waals surface area contributed by atoms with Crippen molar-refractivity contribution in [3.05, 3.63) is 21.9 Å². The Morgan fingerprint density at radius 2 is 2.27 bits per heavy atom. The zero-order chi connectivity index (χ0) is 8.43. The zero-order valence-corrected chi connectivity index (χ0v) is 7.56. The van der Waals surface area contributed by atoms with Gasteiger partial charge >= 0.3 is 0 Å². The maximum atomic E-state index is 9.20. The van der Waals surface area contributed by atoms with Crippen LogP contribution in [0.2, 0.25) is 0 Å². The summed E-state index contributed by atoms with van der Waals surface area (Å²) in [6.07, 6.45) is -0.465. The van der Waals surface area contributed by atoms with Crippen LogP contribution < -0.4 is 5.73 Å². The molecular weight excluding hydrogens is 158 g/mol. The van der Waals surface area contributed by atoms with E-state index in [0.29, 0.717) is 0 Å². The smallest absolute Gasteiger partial charge is 0.0712 e. The minimum Gasteiger partial charge on any atom is -0.391 e. The van der Waals surface area contributed by atoms with E-state index in [0.717, 1.165) is 4.88 Å². The summed E-state index contributed by atoms with van der Waals surface area (Å²) in [5.74, 6) is 0. The van der Waals surface area contributed by atoms with Gasteiger partial charge in [-0.15, -0.1) is 11.3 Å². The summed E-state index contributed by atoms with van der Waals surface area (Å²) in [6, 6.07) is 1.79. The number of thiophene rings is 1. The lowest BCUT2D eigenvalue weighted by atomic mass is 10.1. The molecule has 2 nitrogen and oxygen atoms in total. The van der Waals surface area contributed by atoms with E-state index in [1.54, 1.807) is 18.3 Å². The summed E-state index contributed by atoms with van der Waals surface area (Å²) in [6.45, 7) is 3.72. The van der Waals surface area contributed by atoms with Gasteiger partial charge < -0.3 is 10.8 Å². The van der Waals surface area contributed by atoms with Gasteiger partial charge in [-0.05, 0) is 30.9 Å². The molecule has 0 fully saturated rings. The second kappa shape index (κ2) is 3.34. The normalized spacial score (nSPS) is 16.4. The van der Waals surface area contributed by atoms with E-state index in [1.807, 2.05) is 18.4 Å². The van der Waals surface area contributed by atoms with Crippen molar-refractivity contribution < 1.29 is 5.11 Å². The van der Waals surface area contributed by atoms with Crippen molar-refractivity contribution in [3.8, 4) is 0 Å². The maximum absolute atomic E-state index is 9.20. The molecule has 0 saturated heterocycles. The zero-order valence-electron chi connectivity index (χ0n) is 6.74. The molecule has 3 heteroatoms. The van der Waals surface area contributed by atoms with Gasteiger partial charge in [-0.25, -0.2) is 0 Å². The van der Waals surface area contributed by atoms with E-state index in [1.165, 1.54) is 5.56 Å². The van der Waals surface area contributed by atoms with Gasteiger partial charge in [0.2, 0.25) is 0 Å². The Bertz CT molecular complexity index is 232. The Labute approximate surface area is 70.7 Å². The summed E-state index contributed by atoms with van der Waals surface area (Å²) in [7, 11) is 0. The molecule has 1 rings (SSSR count). The molecule has 62 valence electrons. The fraction of sp³-hybridized carbons (Fsp3) is 0.500. The monoisotopic (exact) mass is 171 g/mol. The molecule has 0 aliphatic heterocycles. The Morgan fingerprint density at radius 3 is 2.64 bits per heavy atom. The molecule has 1 aromatic heterocycles. The van der Waals surface area contributed by atoms with E-state index in [9.17, 15) is 5.11 Å². The van der Waals surface area contributed by atoms with Crippen LogP contribution in [0, 0.1) is 6.92 Å². The van der Waals surface area contributed by atoms with Crippen LogP contribution in [0.15, 0.2) is 11.4 Å². The minimum absolute atomic E-state index is 0.227. The van der Waals surface area contributed by atoms with Crippen LogP contribution in [-0.2, 0) is 0 Å². The molecule has 0 spiro atoms. The molecule has 0 aliphatic carbocycles. The first-order valence-electron chi connectivity index (χ1n) is 3.60. The predicted octanol–water partition coefficient (Wildman–Crippen LogP) is 1.44. The molecule has 2 unspecified atom stereocenters. The molecule has 0 radical (unpaired) electrons. The Morgan fingerprint density at radius 1 is 1.64 bits per heavy atom. The molecule has 0 amide bonds. The van der Waals surface area contributed by atoms with Gasteiger partial charge in [0, 0.05) is 4.88 Å². The second-order valence-electron chi connectivity index (χ2n) is 2.73.